The summed E-state index contributed by atoms with van der Waals surface area (Å²) in [6.07, 6.45) is -2.15. The topological polar surface area (TPSA) is 151 Å². The third kappa shape index (κ3) is 7.55. The van der Waals surface area contributed by atoms with E-state index in [0.717, 1.165) is 10.5 Å². The molecule has 0 saturated carbocycles. The van der Waals surface area contributed by atoms with E-state index in [-0.39, 0.29) is 0 Å². The lowest BCUT2D eigenvalue weighted by Gasteiger charge is -2.36. The molecule has 1 amide bonds. The van der Waals surface area contributed by atoms with Crippen LogP contribution in [-0.4, -0.2) is 74.1 Å². The van der Waals surface area contributed by atoms with Crippen molar-refractivity contribution in [2.45, 2.75) is 69.5 Å². The number of carboxylic acids is 3. The normalized spacial score (nSPS) is 20.2. The minimum atomic E-state index is -2.62. The molecule has 45 heavy (non-hydrogen) atoms. The van der Waals surface area contributed by atoms with Gasteiger partial charge in [0.25, 0.3) is 0 Å². The largest absolute Gasteiger partial charge is 0.480 e. The molecule has 11 heteroatoms. The molecule has 10 nitrogen and oxygen atoms in total. The number of nitrogens with zero attached hydrogens (tertiary/aromatic N) is 1. The number of carbonyl (C=O) groups is 4. The lowest BCUT2D eigenvalue weighted by Crippen LogP contribution is -2.56. The van der Waals surface area contributed by atoms with Crippen molar-refractivity contribution in [3.8, 4) is 11.1 Å². The van der Waals surface area contributed by atoms with Crippen LogP contribution >= 0.6 is 0 Å². The summed E-state index contributed by atoms with van der Waals surface area (Å²) in [4.78, 5) is 51.4. The number of carbonyl (C=O) groups excluding carboxylic acids is 1. The highest BCUT2D eigenvalue weighted by molar-refractivity contribution is 5.94. The Balaban J connectivity index is 1.72. The molecule has 0 aromatic heterocycles. The highest BCUT2D eigenvalue weighted by Crippen LogP contribution is 2.41. The van der Waals surface area contributed by atoms with Gasteiger partial charge >= 0.3 is 17.9 Å². The van der Waals surface area contributed by atoms with Crippen LogP contribution in [0.15, 0.2) is 78.9 Å². The summed E-state index contributed by atoms with van der Waals surface area (Å²) in [5, 5.41) is 29.7. The van der Waals surface area contributed by atoms with Crippen LogP contribution in [0.2, 0.25) is 0 Å². The van der Waals surface area contributed by atoms with E-state index in [9.17, 15) is 34.5 Å². The van der Waals surface area contributed by atoms with Crippen molar-refractivity contribution >= 4 is 23.8 Å². The first-order valence-electron chi connectivity index (χ1n) is 14.5. The summed E-state index contributed by atoms with van der Waals surface area (Å²) in [6, 6.07) is 22.3. The molecular weight excluding hydrogens is 585 g/mol. The molecule has 1 aliphatic heterocycles. The van der Waals surface area contributed by atoms with Gasteiger partial charge < -0.3 is 29.7 Å². The number of ether oxygens (including phenoxy) is 2. The van der Waals surface area contributed by atoms with Crippen LogP contribution in [0.1, 0.15) is 50.7 Å². The number of amides is 1. The molecule has 3 aromatic rings. The van der Waals surface area contributed by atoms with Gasteiger partial charge in [-0.1, -0.05) is 72.8 Å². The molecule has 3 aromatic carbocycles. The highest BCUT2D eigenvalue weighted by atomic mass is 19.1. The molecule has 3 N–H and O–H groups in total. The zero-order valence-electron chi connectivity index (χ0n) is 25.2. The maximum absolute atomic E-state index is 15.6. The molecular formula is C34H36FNO9. The van der Waals surface area contributed by atoms with E-state index in [4.69, 9.17) is 9.47 Å². The third-order valence-electron chi connectivity index (χ3n) is 8.05. The number of benzene rings is 3. The zero-order chi connectivity index (χ0) is 32.9. The van der Waals surface area contributed by atoms with Crippen LogP contribution in [0.5, 0.6) is 0 Å². The Morgan fingerprint density at radius 1 is 0.933 bits per heavy atom. The molecule has 238 valence electrons. The van der Waals surface area contributed by atoms with Gasteiger partial charge in [-0.2, -0.15) is 0 Å². The van der Waals surface area contributed by atoms with Crippen LogP contribution in [0, 0.1) is 5.82 Å². The summed E-state index contributed by atoms with van der Waals surface area (Å²) in [7, 11) is 0. The fourth-order valence-electron chi connectivity index (χ4n) is 5.92. The number of hydrogen-bond acceptors (Lipinski definition) is 6. The summed E-state index contributed by atoms with van der Waals surface area (Å²) in [6.45, 7) is 3.44. The Morgan fingerprint density at radius 2 is 1.56 bits per heavy atom. The van der Waals surface area contributed by atoms with Crippen LogP contribution in [-0.2, 0) is 35.1 Å². The average Bonchev–Trinajstić information content (AvgIpc) is 3.28. The summed E-state index contributed by atoms with van der Waals surface area (Å²) in [5.41, 5.74) is -0.0914. The maximum Gasteiger partial charge on any atom is 0.340 e. The predicted octanol–water partition coefficient (Wildman–Crippen LogP) is 4.96. The van der Waals surface area contributed by atoms with E-state index in [1.54, 1.807) is 43.3 Å². The number of hydrogen-bond donors (Lipinski definition) is 3. The number of aliphatic carboxylic acids is 3. The molecule has 1 heterocycles. The Kier molecular flexibility index (Phi) is 10.0. The van der Waals surface area contributed by atoms with Crippen molar-refractivity contribution in [3.63, 3.8) is 0 Å². The van der Waals surface area contributed by atoms with E-state index < -0.39 is 72.0 Å². The van der Waals surface area contributed by atoms with Crippen LogP contribution in [0.25, 0.3) is 11.1 Å². The van der Waals surface area contributed by atoms with Gasteiger partial charge in [-0.3, -0.25) is 9.59 Å². The van der Waals surface area contributed by atoms with Crippen LogP contribution < -0.4 is 0 Å². The van der Waals surface area contributed by atoms with Crippen LogP contribution in [0.3, 0.4) is 0 Å². The molecule has 0 spiro atoms. The number of halogens is 1. The summed E-state index contributed by atoms with van der Waals surface area (Å²) < 4.78 is 26.5. The Labute approximate surface area is 260 Å². The van der Waals surface area contributed by atoms with Gasteiger partial charge in [0.1, 0.15) is 12.4 Å². The number of carboxylic acid groups (broad SMARTS) is 3. The second-order valence-corrected chi connectivity index (χ2v) is 11.6. The van der Waals surface area contributed by atoms with Gasteiger partial charge in [0.2, 0.25) is 11.5 Å². The first kappa shape index (κ1) is 33.3. The molecule has 1 saturated heterocycles. The smallest absolute Gasteiger partial charge is 0.340 e. The summed E-state index contributed by atoms with van der Waals surface area (Å²) >= 11 is 0. The second-order valence-electron chi connectivity index (χ2n) is 11.6. The van der Waals surface area contributed by atoms with Gasteiger partial charge in [0, 0.05) is 17.5 Å². The van der Waals surface area contributed by atoms with Gasteiger partial charge in [0.15, 0.2) is 11.9 Å². The molecule has 0 unspecified atom stereocenters. The fourth-order valence-corrected chi connectivity index (χ4v) is 5.92. The van der Waals surface area contributed by atoms with E-state index in [1.807, 2.05) is 36.4 Å². The van der Waals surface area contributed by atoms with Gasteiger partial charge in [-0.15, -0.1) is 0 Å². The quantitative estimate of drug-likeness (QED) is 0.241. The van der Waals surface area contributed by atoms with E-state index >= 15 is 4.39 Å². The SMILES string of the molecule is C[C@H]([C@H](CCc1ccccc1)c1ccc(-c2ccccc2)c(F)c1)N(CC(=O)O)C(=O)C[C@@]1(C(=O)O)OC(C)(C)O[C@H]1C(=O)O. The third-order valence-corrected chi connectivity index (χ3v) is 8.05. The highest BCUT2D eigenvalue weighted by Gasteiger charge is 2.63. The molecule has 4 rings (SSSR count). The van der Waals surface area contributed by atoms with Crippen molar-refractivity contribution in [1.82, 2.24) is 4.90 Å². The molecule has 0 aliphatic carbocycles. The molecule has 0 bridgehead atoms. The fraction of sp³-hybridized carbons (Fsp3) is 0.353. The average molecular weight is 622 g/mol. The Bertz CT molecular complexity index is 1550. The maximum atomic E-state index is 15.6. The second kappa shape index (κ2) is 13.6. The van der Waals surface area contributed by atoms with Crippen LogP contribution in [0.4, 0.5) is 4.39 Å². The van der Waals surface area contributed by atoms with E-state index in [1.165, 1.54) is 19.9 Å². The number of rotatable bonds is 13. The van der Waals surface area contributed by atoms with Crippen molar-refractivity contribution in [1.29, 1.82) is 0 Å². The van der Waals surface area contributed by atoms with E-state index in [0.29, 0.717) is 29.5 Å². The molecule has 4 atom stereocenters. The van der Waals surface area contributed by atoms with Gasteiger partial charge in [-0.25, -0.2) is 14.0 Å². The standard InChI is InChI=1S/C34H36FNO9/c1-21(36(20-29(38)39)28(37)19-34(32(42)43)30(31(40)41)44-33(2,3)45-34)25(16-14-22-10-6-4-7-11-22)24-15-17-26(27(35)18-24)23-12-8-5-9-13-23/h4-13,15,17-18,21,25,30H,14,16,19-20H2,1-3H3,(H,38,39)(H,40,41)(H,42,43)/t21-,25+,30+,34-/m1/s1. The lowest BCUT2D eigenvalue weighted by molar-refractivity contribution is -0.189. The van der Waals surface area contributed by atoms with Crippen molar-refractivity contribution in [2.24, 2.45) is 0 Å². The molecule has 1 aliphatic rings. The number of aryl methyl sites for hydroxylation is 1. The lowest BCUT2D eigenvalue weighted by atomic mass is 9.84. The Hall–Kier alpha value is -4.61. The van der Waals surface area contributed by atoms with Gasteiger partial charge in [0.05, 0.1) is 6.42 Å². The monoisotopic (exact) mass is 621 g/mol. The molecule has 1 fully saturated rings. The van der Waals surface area contributed by atoms with Crippen molar-refractivity contribution in [2.75, 3.05) is 6.54 Å². The van der Waals surface area contributed by atoms with Crippen molar-refractivity contribution < 1.29 is 48.4 Å². The summed E-state index contributed by atoms with van der Waals surface area (Å²) in [5.74, 6) is -8.47. The van der Waals surface area contributed by atoms with Gasteiger partial charge in [-0.05, 0) is 56.4 Å². The first-order valence-corrected chi connectivity index (χ1v) is 14.5. The minimum absolute atomic E-state index is 0.372. The van der Waals surface area contributed by atoms with E-state index in [2.05, 4.69) is 0 Å². The minimum Gasteiger partial charge on any atom is -0.480 e. The van der Waals surface area contributed by atoms with Crippen molar-refractivity contribution in [3.05, 3.63) is 95.8 Å². The molecule has 0 radical (unpaired) electrons. The zero-order valence-corrected chi connectivity index (χ0v) is 25.2. The first-order chi connectivity index (χ1) is 21.2. The predicted molar refractivity (Wildman–Crippen MR) is 161 cm³/mol. The Morgan fingerprint density at radius 3 is 2.11 bits per heavy atom.